The second-order valence-electron chi connectivity index (χ2n) is 4.50. The summed E-state index contributed by atoms with van der Waals surface area (Å²) in [6, 6.07) is 6.61. The maximum Gasteiger partial charge on any atom is 0.336 e. The minimum Gasteiger partial charge on any atom is -0.496 e. The molecule has 20 heavy (non-hydrogen) atoms. The number of carbonyl (C=O) groups excluding carboxylic acids is 1. The van der Waals surface area contributed by atoms with E-state index in [9.17, 15) is 9.59 Å². The van der Waals surface area contributed by atoms with Crippen molar-refractivity contribution in [2.24, 2.45) is 0 Å². The molecule has 3 rings (SSSR count). The van der Waals surface area contributed by atoms with Gasteiger partial charge >= 0.3 is 11.6 Å². The summed E-state index contributed by atoms with van der Waals surface area (Å²) in [6.45, 7) is 1.84. The van der Waals surface area contributed by atoms with Crippen LogP contribution in [0.2, 0.25) is 0 Å². The largest absolute Gasteiger partial charge is 0.496 e. The number of methoxy groups -OCH3 is 1. The monoisotopic (exact) mass is 272 g/mol. The standard InChI is InChI=1S/C15H12O5/c1-8-10(7-19-15(8)17)13-11(18-2)5-3-9-4-6-12(16)20-14(9)13/h3-6H,7H2,1-2H3. The zero-order valence-electron chi connectivity index (χ0n) is 11.1. The van der Waals surface area contributed by atoms with Gasteiger partial charge in [-0.25, -0.2) is 9.59 Å². The first-order valence-electron chi connectivity index (χ1n) is 6.10. The van der Waals surface area contributed by atoms with Crippen LogP contribution in [-0.2, 0) is 9.53 Å². The van der Waals surface area contributed by atoms with Crippen molar-refractivity contribution in [2.75, 3.05) is 13.7 Å². The van der Waals surface area contributed by atoms with Gasteiger partial charge in [0.1, 0.15) is 17.9 Å². The number of rotatable bonds is 2. The van der Waals surface area contributed by atoms with E-state index in [0.717, 1.165) is 5.39 Å². The van der Waals surface area contributed by atoms with Gasteiger partial charge in [0.2, 0.25) is 0 Å². The summed E-state index contributed by atoms with van der Waals surface area (Å²) in [7, 11) is 1.53. The van der Waals surface area contributed by atoms with Crippen LogP contribution in [0.5, 0.6) is 5.75 Å². The Morgan fingerprint density at radius 3 is 2.55 bits per heavy atom. The van der Waals surface area contributed by atoms with Crippen molar-refractivity contribution in [1.82, 2.24) is 0 Å². The Hall–Kier alpha value is -2.56. The van der Waals surface area contributed by atoms with Crippen LogP contribution in [0, 0.1) is 0 Å². The predicted octanol–water partition coefficient (Wildman–Crippen LogP) is 2.13. The summed E-state index contributed by atoms with van der Waals surface area (Å²) in [5.74, 6) is 0.178. The molecule has 0 saturated carbocycles. The number of esters is 1. The zero-order valence-corrected chi connectivity index (χ0v) is 11.1. The SMILES string of the molecule is COc1ccc2ccc(=O)oc2c1C1=C(C)C(=O)OC1. The average Bonchev–Trinajstić information content (AvgIpc) is 2.77. The van der Waals surface area contributed by atoms with Gasteiger partial charge in [-0.1, -0.05) is 0 Å². The first-order chi connectivity index (χ1) is 9.61. The molecule has 2 aromatic rings. The molecule has 0 aliphatic carbocycles. The van der Waals surface area contributed by atoms with Crippen molar-refractivity contribution in [2.45, 2.75) is 6.92 Å². The first kappa shape index (κ1) is 12.5. The number of ether oxygens (including phenoxy) is 2. The fraction of sp³-hybridized carbons (Fsp3) is 0.200. The van der Waals surface area contributed by atoms with Crippen molar-refractivity contribution in [1.29, 1.82) is 0 Å². The van der Waals surface area contributed by atoms with E-state index in [2.05, 4.69) is 0 Å². The lowest BCUT2D eigenvalue weighted by Gasteiger charge is -2.11. The van der Waals surface area contributed by atoms with E-state index < -0.39 is 5.63 Å². The third kappa shape index (κ3) is 1.79. The molecule has 0 spiro atoms. The molecular weight excluding hydrogens is 260 g/mol. The Kier molecular flexibility index (Phi) is 2.82. The van der Waals surface area contributed by atoms with Crippen LogP contribution in [0.4, 0.5) is 0 Å². The maximum absolute atomic E-state index is 11.5. The molecule has 0 amide bonds. The van der Waals surface area contributed by atoms with Crippen molar-refractivity contribution in [3.8, 4) is 5.75 Å². The van der Waals surface area contributed by atoms with E-state index in [1.165, 1.54) is 13.2 Å². The molecule has 2 heterocycles. The Balaban J connectivity index is 2.40. The van der Waals surface area contributed by atoms with Crippen molar-refractivity contribution in [3.05, 3.63) is 45.8 Å². The van der Waals surface area contributed by atoms with Crippen LogP contribution in [-0.4, -0.2) is 19.7 Å². The van der Waals surface area contributed by atoms with Crippen LogP contribution < -0.4 is 10.4 Å². The summed E-state index contributed by atoms with van der Waals surface area (Å²) >= 11 is 0. The normalized spacial score (nSPS) is 14.8. The zero-order chi connectivity index (χ0) is 14.3. The number of fused-ring (bicyclic) bond motifs is 1. The van der Waals surface area contributed by atoms with Crippen molar-refractivity contribution >= 4 is 22.5 Å². The molecule has 0 fully saturated rings. The van der Waals surface area contributed by atoms with E-state index >= 15 is 0 Å². The lowest BCUT2D eigenvalue weighted by atomic mass is 9.99. The summed E-state index contributed by atoms with van der Waals surface area (Å²) in [5.41, 5.74) is 1.75. The van der Waals surface area contributed by atoms with Crippen LogP contribution >= 0.6 is 0 Å². The molecule has 0 unspecified atom stereocenters. The molecular formula is C15H12O5. The maximum atomic E-state index is 11.5. The molecule has 1 aliphatic heterocycles. The summed E-state index contributed by atoms with van der Waals surface area (Å²) in [5, 5.41) is 0.764. The van der Waals surface area contributed by atoms with Crippen LogP contribution in [0.3, 0.4) is 0 Å². The number of cyclic esters (lactones) is 1. The molecule has 0 atom stereocenters. The summed E-state index contributed by atoms with van der Waals surface area (Å²) < 4.78 is 15.6. The van der Waals surface area contributed by atoms with E-state index in [-0.39, 0.29) is 12.6 Å². The van der Waals surface area contributed by atoms with Crippen molar-refractivity contribution < 1.29 is 18.7 Å². The van der Waals surface area contributed by atoms with Crippen LogP contribution in [0.15, 0.2) is 39.1 Å². The first-order valence-corrected chi connectivity index (χ1v) is 6.10. The second kappa shape index (κ2) is 4.52. The van der Waals surface area contributed by atoms with Crippen LogP contribution in [0.1, 0.15) is 12.5 Å². The number of hydrogen-bond donors (Lipinski definition) is 0. The number of carbonyl (C=O) groups is 1. The highest BCUT2D eigenvalue weighted by atomic mass is 16.5. The summed E-state index contributed by atoms with van der Waals surface area (Å²) in [4.78, 5) is 23.0. The van der Waals surface area contributed by atoms with Gasteiger partial charge in [-0.15, -0.1) is 0 Å². The minimum absolute atomic E-state index is 0.152. The molecule has 1 aromatic carbocycles. The second-order valence-corrected chi connectivity index (χ2v) is 4.50. The lowest BCUT2D eigenvalue weighted by molar-refractivity contribution is -0.135. The lowest BCUT2D eigenvalue weighted by Crippen LogP contribution is -2.00. The fourth-order valence-corrected chi connectivity index (χ4v) is 2.31. The molecule has 102 valence electrons. The van der Waals surface area contributed by atoms with Crippen molar-refractivity contribution in [3.63, 3.8) is 0 Å². The topological polar surface area (TPSA) is 65.7 Å². The van der Waals surface area contributed by atoms with Crippen LogP contribution in [0.25, 0.3) is 16.5 Å². The van der Waals surface area contributed by atoms with Gasteiger partial charge in [0.15, 0.2) is 0 Å². The average molecular weight is 272 g/mol. The molecule has 0 radical (unpaired) electrons. The molecule has 5 heteroatoms. The molecule has 1 aliphatic rings. The Morgan fingerprint density at radius 1 is 1.15 bits per heavy atom. The molecule has 5 nitrogen and oxygen atoms in total. The summed E-state index contributed by atoms with van der Waals surface area (Å²) in [6.07, 6.45) is 0. The molecule has 0 saturated heterocycles. The van der Waals surface area contributed by atoms with Gasteiger partial charge in [0.25, 0.3) is 0 Å². The molecule has 0 N–H and O–H groups in total. The van der Waals surface area contributed by atoms with Gasteiger partial charge in [0, 0.05) is 22.6 Å². The number of benzene rings is 1. The van der Waals surface area contributed by atoms with E-state index in [4.69, 9.17) is 13.9 Å². The Labute approximate surface area is 114 Å². The van der Waals surface area contributed by atoms with Gasteiger partial charge in [-0.05, 0) is 25.1 Å². The highest BCUT2D eigenvalue weighted by Crippen LogP contribution is 2.37. The van der Waals surface area contributed by atoms with Gasteiger partial charge in [-0.3, -0.25) is 0 Å². The van der Waals surface area contributed by atoms with Gasteiger partial charge in [0.05, 0.1) is 12.7 Å². The Bertz CT molecular complexity index is 798. The van der Waals surface area contributed by atoms with E-state index in [1.807, 2.05) is 0 Å². The smallest absolute Gasteiger partial charge is 0.336 e. The third-order valence-electron chi connectivity index (χ3n) is 3.38. The Morgan fingerprint density at radius 2 is 1.90 bits per heavy atom. The van der Waals surface area contributed by atoms with E-state index in [0.29, 0.717) is 28.0 Å². The number of hydrogen-bond acceptors (Lipinski definition) is 5. The van der Waals surface area contributed by atoms with Gasteiger partial charge in [-0.2, -0.15) is 0 Å². The third-order valence-corrected chi connectivity index (χ3v) is 3.38. The van der Waals surface area contributed by atoms with E-state index in [1.54, 1.807) is 25.1 Å². The highest BCUT2D eigenvalue weighted by Gasteiger charge is 2.26. The van der Waals surface area contributed by atoms with Gasteiger partial charge < -0.3 is 13.9 Å². The quantitative estimate of drug-likeness (QED) is 0.619. The minimum atomic E-state index is -0.449. The molecule has 1 aromatic heterocycles. The predicted molar refractivity (Wildman–Crippen MR) is 72.6 cm³/mol. The fourth-order valence-electron chi connectivity index (χ4n) is 2.31. The highest BCUT2D eigenvalue weighted by molar-refractivity contribution is 6.05. The molecule has 0 bridgehead atoms.